The van der Waals surface area contributed by atoms with Gasteiger partial charge in [-0.05, 0) is 95.7 Å². The number of hydrogen-bond donors (Lipinski definition) is 0. The Morgan fingerprint density at radius 2 is 0.933 bits per heavy atom. The number of amides is 1. The first-order chi connectivity index (χ1) is 20.1. The number of nitrogens with zero attached hydrogens (tertiary/aromatic N) is 1. The SMILES string of the molecule is C=CC(=O)N(CCCC(C)(C)[Si](C)(C)OC(C)(C)[Si](C)(C)CCCC)CCCC(C)(C)[Si](C)(C)OC(C)(C)[Si](C)(C)CCCC. The van der Waals surface area contributed by atoms with Gasteiger partial charge in [-0.3, -0.25) is 4.79 Å². The van der Waals surface area contributed by atoms with E-state index in [0.29, 0.717) is 0 Å². The molecule has 0 atom stereocenters. The second-order valence-electron chi connectivity index (χ2n) is 18.7. The molecule has 0 aliphatic carbocycles. The highest BCUT2D eigenvalue weighted by atomic mass is 28.4. The molecule has 0 spiro atoms. The van der Waals surface area contributed by atoms with Crippen LogP contribution in [0.2, 0.25) is 74.5 Å². The maximum atomic E-state index is 13.0. The third-order valence-corrected chi connectivity index (χ3v) is 32.2. The van der Waals surface area contributed by atoms with Crippen LogP contribution in [0.3, 0.4) is 0 Å². The molecular formula is C37H81NO3Si4. The van der Waals surface area contributed by atoms with Crippen LogP contribution in [-0.2, 0) is 13.6 Å². The lowest BCUT2D eigenvalue weighted by molar-refractivity contribution is -0.126. The molecule has 0 aliphatic rings. The van der Waals surface area contributed by atoms with E-state index in [1.165, 1.54) is 43.8 Å². The van der Waals surface area contributed by atoms with Gasteiger partial charge in [-0.15, -0.1) is 0 Å². The Balaban J connectivity index is 5.43. The summed E-state index contributed by atoms with van der Waals surface area (Å²) in [5, 5.41) is 0.128. The van der Waals surface area contributed by atoms with Crippen molar-refractivity contribution < 1.29 is 13.6 Å². The minimum absolute atomic E-state index is 0.0454. The fraction of sp³-hybridized carbons (Fsp3) is 0.919. The molecule has 45 heavy (non-hydrogen) atoms. The average molecular weight is 700 g/mol. The molecule has 0 fully saturated rings. The predicted molar refractivity (Wildman–Crippen MR) is 213 cm³/mol. The van der Waals surface area contributed by atoms with E-state index in [4.69, 9.17) is 8.85 Å². The van der Waals surface area contributed by atoms with Crippen molar-refractivity contribution in [2.45, 2.75) is 206 Å². The van der Waals surface area contributed by atoms with Crippen molar-refractivity contribution in [1.29, 1.82) is 0 Å². The van der Waals surface area contributed by atoms with Crippen molar-refractivity contribution in [3.05, 3.63) is 12.7 Å². The summed E-state index contributed by atoms with van der Waals surface area (Å²) in [5.41, 5.74) is 0. The minimum atomic E-state index is -2.03. The normalized spacial score (nSPS) is 14.5. The van der Waals surface area contributed by atoms with Crippen molar-refractivity contribution in [3.63, 3.8) is 0 Å². The molecule has 0 aromatic heterocycles. The largest absolute Gasteiger partial charge is 0.415 e. The Labute approximate surface area is 287 Å². The monoisotopic (exact) mass is 700 g/mol. The van der Waals surface area contributed by atoms with E-state index in [9.17, 15) is 4.79 Å². The van der Waals surface area contributed by atoms with Crippen molar-refractivity contribution in [2.75, 3.05) is 13.1 Å². The molecule has 0 bridgehead atoms. The van der Waals surface area contributed by atoms with Gasteiger partial charge in [0.2, 0.25) is 5.91 Å². The third kappa shape index (κ3) is 12.8. The molecule has 0 saturated carbocycles. The molecule has 0 saturated heterocycles. The van der Waals surface area contributed by atoms with Gasteiger partial charge in [0.1, 0.15) is 0 Å². The van der Waals surface area contributed by atoms with Crippen LogP contribution in [0.4, 0.5) is 0 Å². The van der Waals surface area contributed by atoms with Crippen LogP contribution in [0.15, 0.2) is 12.7 Å². The van der Waals surface area contributed by atoms with E-state index in [1.807, 2.05) is 4.90 Å². The standard InChI is InChI=1S/C37H81NO3Si4/c1-20-23-31-42(12,13)36(8,9)40-44(16,17)34(4,5)27-25-29-38(33(39)22-3)30-26-28-35(6,7)45(18,19)41-37(10,11)43(14,15)32-24-21-2/h22H,3,20-21,23-32H2,1-2,4-19H3. The molecule has 0 unspecified atom stereocenters. The highest BCUT2D eigenvalue weighted by Gasteiger charge is 2.50. The smallest absolute Gasteiger partial charge is 0.245 e. The quantitative estimate of drug-likeness (QED) is 0.0787. The molecule has 4 nitrogen and oxygen atoms in total. The predicted octanol–water partition coefficient (Wildman–Crippen LogP) is 12.2. The van der Waals surface area contributed by atoms with Gasteiger partial charge in [0.05, 0.1) is 16.1 Å². The highest BCUT2D eigenvalue weighted by molar-refractivity contribution is 6.83. The van der Waals surface area contributed by atoms with Gasteiger partial charge in [0.15, 0.2) is 16.6 Å². The zero-order valence-electron chi connectivity index (χ0n) is 33.9. The van der Waals surface area contributed by atoms with E-state index >= 15 is 0 Å². The van der Waals surface area contributed by atoms with Crippen LogP contribution in [0.5, 0.6) is 0 Å². The number of rotatable bonds is 23. The van der Waals surface area contributed by atoms with Gasteiger partial charge < -0.3 is 13.8 Å². The molecule has 0 aromatic carbocycles. The van der Waals surface area contributed by atoms with Crippen molar-refractivity contribution in [3.8, 4) is 0 Å². The Morgan fingerprint density at radius 1 is 0.622 bits per heavy atom. The van der Waals surface area contributed by atoms with Gasteiger partial charge in [-0.25, -0.2) is 0 Å². The Hall–Kier alpha value is -0.00247. The summed E-state index contributed by atoms with van der Waals surface area (Å²) >= 11 is 0. The summed E-state index contributed by atoms with van der Waals surface area (Å²) in [7, 11) is -7.14. The van der Waals surface area contributed by atoms with Gasteiger partial charge in [-0.2, -0.15) is 0 Å². The number of carbonyl (C=O) groups is 1. The third-order valence-electron chi connectivity index (χ3n) is 12.8. The lowest BCUT2D eigenvalue weighted by Crippen LogP contribution is -2.59. The number of unbranched alkanes of at least 4 members (excludes halogenated alkanes) is 2. The molecule has 1 amide bonds. The van der Waals surface area contributed by atoms with E-state index in [0.717, 1.165) is 38.8 Å². The Morgan fingerprint density at radius 3 is 1.20 bits per heavy atom. The van der Waals surface area contributed by atoms with Crippen LogP contribution in [-0.4, -0.2) is 67.1 Å². The zero-order valence-corrected chi connectivity index (χ0v) is 37.9. The summed E-state index contributed by atoms with van der Waals surface area (Å²) < 4.78 is 14.4. The molecule has 0 radical (unpaired) electrons. The Bertz CT molecular complexity index is 859. The minimum Gasteiger partial charge on any atom is -0.415 e. The van der Waals surface area contributed by atoms with E-state index in [-0.39, 0.29) is 26.4 Å². The maximum absolute atomic E-state index is 13.0. The van der Waals surface area contributed by atoms with E-state index in [2.05, 4.69) is 128 Å². The first-order valence-corrected chi connectivity index (χ1v) is 30.6. The van der Waals surface area contributed by atoms with Crippen LogP contribution in [0.25, 0.3) is 0 Å². The molecule has 0 heterocycles. The maximum Gasteiger partial charge on any atom is 0.245 e. The van der Waals surface area contributed by atoms with E-state index in [1.54, 1.807) is 0 Å². The van der Waals surface area contributed by atoms with Crippen LogP contribution >= 0.6 is 0 Å². The molecule has 0 aliphatic heterocycles. The summed E-state index contributed by atoms with van der Waals surface area (Å²) in [5.74, 6) is 0.0562. The lowest BCUT2D eigenvalue weighted by atomic mass is 10.1. The number of carbonyl (C=O) groups excluding carboxylic acids is 1. The summed E-state index contributed by atoms with van der Waals surface area (Å²) in [6.07, 6.45) is 10.7. The number of hydrogen-bond acceptors (Lipinski definition) is 3. The van der Waals surface area contributed by atoms with Crippen molar-refractivity contribution in [2.24, 2.45) is 0 Å². The fourth-order valence-corrected chi connectivity index (χ4v) is 18.2. The first kappa shape index (κ1) is 45.0. The summed E-state index contributed by atoms with van der Waals surface area (Å²) in [4.78, 5) is 15.0. The summed E-state index contributed by atoms with van der Waals surface area (Å²) in [6, 6.07) is 2.64. The van der Waals surface area contributed by atoms with Crippen LogP contribution < -0.4 is 0 Å². The second-order valence-corrected chi connectivity index (χ2v) is 38.8. The second kappa shape index (κ2) is 17.1. The average Bonchev–Trinajstić information content (AvgIpc) is 2.87. The van der Waals surface area contributed by atoms with Gasteiger partial charge in [0.25, 0.3) is 0 Å². The highest BCUT2D eigenvalue weighted by Crippen LogP contribution is 2.47. The van der Waals surface area contributed by atoms with Crippen molar-refractivity contribution in [1.82, 2.24) is 4.90 Å². The molecule has 0 N–H and O–H groups in total. The van der Waals surface area contributed by atoms with Gasteiger partial charge in [-0.1, -0.05) is 112 Å². The fourth-order valence-electron chi connectivity index (χ4n) is 6.15. The summed E-state index contributed by atoms with van der Waals surface area (Å²) in [6.45, 7) is 48.7. The molecule has 268 valence electrons. The van der Waals surface area contributed by atoms with Gasteiger partial charge >= 0.3 is 0 Å². The van der Waals surface area contributed by atoms with Crippen LogP contribution in [0, 0.1) is 0 Å². The van der Waals surface area contributed by atoms with Crippen molar-refractivity contribution >= 4 is 38.7 Å². The zero-order chi connectivity index (χ0) is 35.8. The van der Waals surface area contributed by atoms with Gasteiger partial charge in [0, 0.05) is 23.5 Å². The molecule has 0 rings (SSSR count). The molecule has 8 heteroatoms. The Kier molecular flexibility index (Phi) is 17.1. The van der Waals surface area contributed by atoms with E-state index < -0.39 is 32.8 Å². The first-order valence-electron chi connectivity index (χ1n) is 18.4. The van der Waals surface area contributed by atoms with Crippen LogP contribution in [0.1, 0.15) is 121 Å². The molecular weight excluding hydrogens is 619 g/mol. The molecule has 0 aromatic rings. The lowest BCUT2D eigenvalue weighted by Gasteiger charge is -2.50. The topological polar surface area (TPSA) is 38.8 Å².